The second kappa shape index (κ2) is 6.32. The van der Waals surface area contributed by atoms with E-state index in [1.54, 1.807) is 17.2 Å². The van der Waals surface area contributed by atoms with Crippen LogP contribution in [0.5, 0.6) is 0 Å². The summed E-state index contributed by atoms with van der Waals surface area (Å²) in [5.41, 5.74) is 0.661. The van der Waals surface area contributed by atoms with Gasteiger partial charge in [0.2, 0.25) is 0 Å². The van der Waals surface area contributed by atoms with Gasteiger partial charge in [-0.15, -0.1) is 0 Å². The minimum absolute atomic E-state index is 0.0506. The zero-order valence-electron chi connectivity index (χ0n) is 13.0. The number of hydrogen-bond acceptors (Lipinski definition) is 5. The molecule has 0 unspecified atom stereocenters. The largest absolute Gasteiger partial charge is 0.387 e. The fourth-order valence-corrected chi connectivity index (χ4v) is 3.11. The molecule has 2 fully saturated rings. The van der Waals surface area contributed by atoms with Crippen LogP contribution in [-0.2, 0) is 4.74 Å². The number of carbonyl (C=O) groups excluding carboxylic acids is 1. The van der Waals surface area contributed by atoms with Gasteiger partial charge in [-0.3, -0.25) is 14.7 Å². The summed E-state index contributed by atoms with van der Waals surface area (Å²) >= 11 is 0. The number of aromatic nitrogens is 1. The Kier molecular flexibility index (Phi) is 4.42. The molecular formula is C16H23N3O3. The zero-order chi connectivity index (χ0) is 15.6. The Morgan fingerprint density at radius 3 is 2.82 bits per heavy atom. The maximum Gasteiger partial charge on any atom is 0.255 e. The van der Waals surface area contributed by atoms with Gasteiger partial charge in [-0.25, -0.2) is 0 Å². The third-order valence-electron chi connectivity index (χ3n) is 4.40. The van der Waals surface area contributed by atoms with E-state index >= 15 is 0 Å². The highest BCUT2D eigenvalue weighted by Crippen LogP contribution is 2.24. The number of likely N-dealkylation sites (tertiary alicyclic amines) is 1. The maximum atomic E-state index is 12.5. The molecule has 1 atom stereocenters. The van der Waals surface area contributed by atoms with E-state index in [1.807, 2.05) is 13.0 Å². The second-order valence-corrected chi connectivity index (χ2v) is 6.28. The van der Waals surface area contributed by atoms with Gasteiger partial charge in [0, 0.05) is 38.1 Å². The van der Waals surface area contributed by atoms with Gasteiger partial charge >= 0.3 is 0 Å². The molecule has 0 aromatic carbocycles. The van der Waals surface area contributed by atoms with Gasteiger partial charge in [0.05, 0.1) is 30.9 Å². The first kappa shape index (κ1) is 15.4. The van der Waals surface area contributed by atoms with E-state index in [9.17, 15) is 9.90 Å². The van der Waals surface area contributed by atoms with Crippen molar-refractivity contribution in [1.82, 2.24) is 14.8 Å². The van der Waals surface area contributed by atoms with Crippen molar-refractivity contribution in [3.8, 4) is 0 Å². The van der Waals surface area contributed by atoms with E-state index in [-0.39, 0.29) is 5.91 Å². The molecule has 22 heavy (non-hydrogen) atoms. The number of aliphatic hydroxyl groups is 1. The van der Waals surface area contributed by atoms with E-state index in [4.69, 9.17) is 4.74 Å². The van der Waals surface area contributed by atoms with Crippen LogP contribution in [0.4, 0.5) is 0 Å². The number of amides is 1. The lowest BCUT2D eigenvalue weighted by molar-refractivity contribution is -0.0257. The quantitative estimate of drug-likeness (QED) is 0.870. The van der Waals surface area contributed by atoms with E-state index in [0.717, 1.165) is 18.8 Å². The summed E-state index contributed by atoms with van der Waals surface area (Å²) in [4.78, 5) is 20.6. The molecule has 0 saturated carbocycles. The number of morpholine rings is 1. The van der Waals surface area contributed by atoms with Crippen LogP contribution >= 0.6 is 0 Å². The lowest BCUT2D eigenvalue weighted by Gasteiger charge is -2.33. The van der Waals surface area contributed by atoms with Crippen molar-refractivity contribution >= 4 is 5.91 Å². The third-order valence-corrected chi connectivity index (χ3v) is 4.40. The standard InChI is InChI=1S/C16H23N3O3/c1-13-2-3-14(10-17-13)15(20)19-5-4-16(21,12-19)11-18-6-8-22-9-7-18/h2-3,10,21H,4-9,11-12H2,1H3/t16-/m0/s1. The predicted molar refractivity (Wildman–Crippen MR) is 81.7 cm³/mol. The Morgan fingerprint density at radius 2 is 2.14 bits per heavy atom. The van der Waals surface area contributed by atoms with Crippen LogP contribution in [0.1, 0.15) is 22.5 Å². The third kappa shape index (κ3) is 3.45. The molecule has 3 heterocycles. The van der Waals surface area contributed by atoms with Crippen LogP contribution in [0.25, 0.3) is 0 Å². The number of ether oxygens (including phenoxy) is 1. The van der Waals surface area contributed by atoms with E-state index in [2.05, 4.69) is 9.88 Å². The van der Waals surface area contributed by atoms with Gasteiger partial charge in [-0.05, 0) is 25.5 Å². The number of aryl methyl sites for hydroxylation is 1. The fourth-order valence-electron chi connectivity index (χ4n) is 3.11. The van der Waals surface area contributed by atoms with Gasteiger partial charge in [-0.2, -0.15) is 0 Å². The summed E-state index contributed by atoms with van der Waals surface area (Å²) in [6.45, 7) is 6.60. The maximum absolute atomic E-state index is 12.5. The minimum Gasteiger partial charge on any atom is -0.387 e. The molecule has 2 aliphatic heterocycles. The molecule has 0 radical (unpaired) electrons. The van der Waals surface area contributed by atoms with Crippen LogP contribution in [0.2, 0.25) is 0 Å². The monoisotopic (exact) mass is 305 g/mol. The Hall–Kier alpha value is -1.50. The van der Waals surface area contributed by atoms with Gasteiger partial charge in [0.15, 0.2) is 0 Å². The molecule has 6 nitrogen and oxygen atoms in total. The van der Waals surface area contributed by atoms with Crippen LogP contribution in [-0.4, -0.2) is 77.3 Å². The zero-order valence-corrected chi connectivity index (χ0v) is 13.0. The Labute approximate surface area is 130 Å². The highest BCUT2D eigenvalue weighted by atomic mass is 16.5. The van der Waals surface area contributed by atoms with Crippen LogP contribution in [0, 0.1) is 6.92 Å². The normalized spacial score (nSPS) is 26.4. The first-order valence-corrected chi connectivity index (χ1v) is 7.80. The minimum atomic E-state index is -0.814. The lowest BCUT2D eigenvalue weighted by atomic mass is 10.0. The summed E-state index contributed by atoms with van der Waals surface area (Å²) in [5, 5.41) is 10.8. The number of carbonyl (C=O) groups is 1. The summed E-state index contributed by atoms with van der Waals surface area (Å²) in [6, 6.07) is 3.63. The topological polar surface area (TPSA) is 65.9 Å². The van der Waals surface area contributed by atoms with E-state index < -0.39 is 5.60 Å². The van der Waals surface area contributed by atoms with Crippen molar-refractivity contribution in [3.63, 3.8) is 0 Å². The number of rotatable bonds is 3. The Bertz CT molecular complexity index is 528. The molecule has 1 N–H and O–H groups in total. The molecule has 2 aliphatic rings. The fraction of sp³-hybridized carbons (Fsp3) is 0.625. The molecule has 2 saturated heterocycles. The lowest BCUT2D eigenvalue weighted by Crippen LogP contribution is -2.49. The summed E-state index contributed by atoms with van der Waals surface area (Å²) in [6.07, 6.45) is 2.23. The number of pyridine rings is 1. The van der Waals surface area contributed by atoms with E-state index in [1.165, 1.54) is 0 Å². The molecule has 0 aliphatic carbocycles. The molecule has 6 heteroatoms. The molecule has 1 aromatic heterocycles. The highest BCUT2D eigenvalue weighted by Gasteiger charge is 2.39. The predicted octanol–water partition coefficient (Wildman–Crippen LogP) is 0.299. The number of hydrogen-bond donors (Lipinski definition) is 1. The van der Waals surface area contributed by atoms with Crippen molar-refractivity contribution in [2.45, 2.75) is 18.9 Å². The SMILES string of the molecule is Cc1ccc(C(=O)N2CC[C@](O)(CN3CCOCC3)C2)cn1. The van der Waals surface area contributed by atoms with Crippen LogP contribution in [0.15, 0.2) is 18.3 Å². The molecule has 3 rings (SSSR count). The Morgan fingerprint density at radius 1 is 1.36 bits per heavy atom. The molecular weight excluding hydrogens is 282 g/mol. The average molecular weight is 305 g/mol. The molecule has 1 amide bonds. The van der Waals surface area contributed by atoms with Gasteiger partial charge < -0.3 is 14.7 Å². The molecule has 1 aromatic rings. The Balaban J connectivity index is 1.60. The second-order valence-electron chi connectivity index (χ2n) is 6.28. The van der Waals surface area contributed by atoms with E-state index in [0.29, 0.717) is 44.8 Å². The van der Waals surface area contributed by atoms with Crippen molar-refractivity contribution < 1.29 is 14.6 Å². The van der Waals surface area contributed by atoms with Crippen LogP contribution < -0.4 is 0 Å². The number of β-amino-alcohol motifs (C(OH)–C–C–N with tert-alkyl or cyclic N) is 1. The van der Waals surface area contributed by atoms with Gasteiger partial charge in [0.1, 0.15) is 0 Å². The van der Waals surface area contributed by atoms with Crippen molar-refractivity contribution in [2.75, 3.05) is 45.9 Å². The van der Waals surface area contributed by atoms with Gasteiger partial charge in [-0.1, -0.05) is 0 Å². The molecule has 0 bridgehead atoms. The molecule has 0 spiro atoms. The molecule has 120 valence electrons. The smallest absolute Gasteiger partial charge is 0.255 e. The van der Waals surface area contributed by atoms with Crippen molar-refractivity contribution in [3.05, 3.63) is 29.6 Å². The summed E-state index contributed by atoms with van der Waals surface area (Å²) in [7, 11) is 0. The van der Waals surface area contributed by atoms with Gasteiger partial charge in [0.25, 0.3) is 5.91 Å². The first-order valence-electron chi connectivity index (χ1n) is 7.80. The van der Waals surface area contributed by atoms with Crippen LogP contribution in [0.3, 0.4) is 0 Å². The average Bonchev–Trinajstić information content (AvgIpc) is 2.90. The van der Waals surface area contributed by atoms with Crippen molar-refractivity contribution in [2.24, 2.45) is 0 Å². The first-order chi connectivity index (χ1) is 10.6. The highest BCUT2D eigenvalue weighted by molar-refractivity contribution is 5.94. The number of nitrogens with zero attached hydrogens (tertiary/aromatic N) is 3. The summed E-state index contributed by atoms with van der Waals surface area (Å²) < 4.78 is 5.33. The van der Waals surface area contributed by atoms with Crippen molar-refractivity contribution in [1.29, 1.82) is 0 Å². The summed E-state index contributed by atoms with van der Waals surface area (Å²) in [5.74, 6) is -0.0506.